The third-order valence-electron chi connectivity index (χ3n) is 3.27. The van der Waals surface area contributed by atoms with Crippen LogP contribution in [0.5, 0.6) is 0 Å². The molecule has 4 nitrogen and oxygen atoms in total. The van der Waals surface area contributed by atoms with E-state index in [9.17, 15) is 0 Å². The van der Waals surface area contributed by atoms with Crippen LogP contribution in [0.2, 0.25) is 0 Å². The molecule has 1 aromatic carbocycles. The molecule has 98 valence electrons. The highest BCUT2D eigenvalue weighted by Crippen LogP contribution is 2.27. The predicted molar refractivity (Wildman–Crippen MR) is 81.8 cm³/mol. The zero-order chi connectivity index (χ0) is 13.2. The molecule has 2 aromatic heterocycles. The van der Waals surface area contributed by atoms with Gasteiger partial charge in [0.05, 0.1) is 23.1 Å². The highest BCUT2D eigenvalue weighted by molar-refractivity contribution is 7.09. The van der Waals surface area contributed by atoms with Crippen molar-refractivity contribution >= 4 is 33.6 Å². The van der Waals surface area contributed by atoms with Crippen LogP contribution in [-0.2, 0) is 6.42 Å². The smallest absolute Gasteiger partial charge is 0.0672 e. The standard InChI is InChI=1S/C14H16N4S/c1-18(5-4-11-3-2-6-19-11)14-8-13-10(7-12(14)15)9-16-17-13/h2-3,6-9H,4-5,15H2,1H3,(H,16,17). The fourth-order valence-corrected chi connectivity index (χ4v) is 2.88. The van der Waals surface area contributed by atoms with Crippen LogP contribution in [0.25, 0.3) is 10.9 Å². The van der Waals surface area contributed by atoms with Crippen LogP contribution in [0.3, 0.4) is 0 Å². The van der Waals surface area contributed by atoms with Crippen LogP contribution in [0, 0.1) is 0 Å². The van der Waals surface area contributed by atoms with Crippen molar-refractivity contribution in [3.63, 3.8) is 0 Å². The number of nitrogens with one attached hydrogen (secondary N) is 1. The molecule has 3 aromatic rings. The van der Waals surface area contributed by atoms with Gasteiger partial charge < -0.3 is 10.6 Å². The van der Waals surface area contributed by atoms with Gasteiger partial charge in [0, 0.05) is 23.9 Å². The maximum absolute atomic E-state index is 6.11. The van der Waals surface area contributed by atoms with E-state index in [1.165, 1.54) is 4.88 Å². The van der Waals surface area contributed by atoms with Crippen LogP contribution in [0.15, 0.2) is 35.8 Å². The minimum absolute atomic E-state index is 0.794. The molecule has 3 rings (SSSR count). The monoisotopic (exact) mass is 272 g/mol. The summed E-state index contributed by atoms with van der Waals surface area (Å²) < 4.78 is 0. The average Bonchev–Trinajstić information content (AvgIpc) is 3.05. The van der Waals surface area contributed by atoms with Gasteiger partial charge in [-0.2, -0.15) is 5.10 Å². The first-order valence-corrected chi connectivity index (χ1v) is 7.08. The molecule has 0 amide bonds. The first-order valence-electron chi connectivity index (χ1n) is 6.20. The molecule has 0 aliphatic heterocycles. The molecule has 2 heterocycles. The number of anilines is 2. The second-order valence-electron chi connectivity index (χ2n) is 4.62. The van der Waals surface area contributed by atoms with E-state index in [-0.39, 0.29) is 0 Å². The number of nitrogens with zero attached hydrogens (tertiary/aromatic N) is 2. The molecule has 0 fully saturated rings. The minimum atomic E-state index is 0.794. The lowest BCUT2D eigenvalue weighted by molar-refractivity contribution is 0.889. The Balaban J connectivity index is 1.80. The Morgan fingerprint density at radius 1 is 1.42 bits per heavy atom. The van der Waals surface area contributed by atoms with Gasteiger partial charge >= 0.3 is 0 Å². The van der Waals surface area contributed by atoms with Crippen molar-refractivity contribution in [2.24, 2.45) is 0 Å². The first-order chi connectivity index (χ1) is 9.24. The molecule has 5 heteroatoms. The van der Waals surface area contributed by atoms with Crippen LogP contribution in [0.4, 0.5) is 11.4 Å². The summed E-state index contributed by atoms with van der Waals surface area (Å²) in [5.41, 5.74) is 8.98. The number of aromatic amines is 1. The quantitative estimate of drug-likeness (QED) is 0.718. The molecule has 0 radical (unpaired) electrons. The third-order valence-corrected chi connectivity index (χ3v) is 4.21. The van der Waals surface area contributed by atoms with Crippen LogP contribution in [0.1, 0.15) is 4.88 Å². The maximum atomic E-state index is 6.11. The van der Waals surface area contributed by atoms with E-state index in [4.69, 9.17) is 5.73 Å². The Bertz CT molecular complexity index is 672. The van der Waals surface area contributed by atoms with Gasteiger partial charge in [-0.15, -0.1) is 11.3 Å². The number of benzene rings is 1. The van der Waals surface area contributed by atoms with Crippen molar-refractivity contribution in [1.82, 2.24) is 10.2 Å². The van der Waals surface area contributed by atoms with Gasteiger partial charge in [-0.05, 0) is 30.0 Å². The van der Waals surface area contributed by atoms with Crippen molar-refractivity contribution < 1.29 is 0 Å². The molecule has 19 heavy (non-hydrogen) atoms. The molecule has 0 saturated carbocycles. The molecular weight excluding hydrogens is 256 g/mol. The Kier molecular flexibility index (Phi) is 3.13. The molecule has 3 N–H and O–H groups in total. The molecule has 0 aliphatic carbocycles. The highest BCUT2D eigenvalue weighted by atomic mass is 32.1. The lowest BCUT2D eigenvalue weighted by atomic mass is 10.2. The number of rotatable bonds is 4. The summed E-state index contributed by atoms with van der Waals surface area (Å²) in [4.78, 5) is 3.59. The van der Waals surface area contributed by atoms with Crippen molar-refractivity contribution in [1.29, 1.82) is 0 Å². The summed E-state index contributed by atoms with van der Waals surface area (Å²) in [5, 5.41) is 10.2. The minimum Gasteiger partial charge on any atom is -0.397 e. The van der Waals surface area contributed by atoms with E-state index in [2.05, 4.69) is 45.7 Å². The van der Waals surface area contributed by atoms with E-state index in [1.54, 1.807) is 17.5 Å². The Morgan fingerprint density at radius 3 is 3.11 bits per heavy atom. The number of likely N-dealkylation sites (N-methyl/N-ethyl adjacent to an activating group) is 1. The lowest BCUT2D eigenvalue weighted by Gasteiger charge is -2.20. The van der Waals surface area contributed by atoms with E-state index in [1.807, 2.05) is 6.07 Å². The van der Waals surface area contributed by atoms with E-state index in [0.29, 0.717) is 0 Å². The van der Waals surface area contributed by atoms with E-state index < -0.39 is 0 Å². The first kappa shape index (κ1) is 12.0. The number of hydrogen-bond acceptors (Lipinski definition) is 4. The zero-order valence-electron chi connectivity index (χ0n) is 10.8. The molecule has 0 atom stereocenters. The second kappa shape index (κ2) is 4.93. The maximum Gasteiger partial charge on any atom is 0.0672 e. The van der Waals surface area contributed by atoms with Crippen molar-refractivity contribution in [2.75, 3.05) is 24.2 Å². The second-order valence-corrected chi connectivity index (χ2v) is 5.65. The topological polar surface area (TPSA) is 57.9 Å². The van der Waals surface area contributed by atoms with E-state index in [0.717, 1.165) is 35.2 Å². The van der Waals surface area contributed by atoms with Crippen LogP contribution < -0.4 is 10.6 Å². The SMILES string of the molecule is CN(CCc1cccs1)c1cc2[nH]ncc2cc1N. The molecule has 0 aliphatic rings. The van der Waals surface area contributed by atoms with Gasteiger partial charge in [0.1, 0.15) is 0 Å². The fraction of sp³-hybridized carbons (Fsp3) is 0.214. The third kappa shape index (κ3) is 2.42. The van der Waals surface area contributed by atoms with Gasteiger partial charge in [0.25, 0.3) is 0 Å². The Labute approximate surface area is 115 Å². The van der Waals surface area contributed by atoms with Crippen molar-refractivity contribution in [2.45, 2.75) is 6.42 Å². The van der Waals surface area contributed by atoms with Gasteiger partial charge in [-0.1, -0.05) is 6.07 Å². The van der Waals surface area contributed by atoms with Crippen LogP contribution in [-0.4, -0.2) is 23.8 Å². The number of nitrogens with two attached hydrogens (primary N) is 1. The number of aromatic nitrogens is 2. The van der Waals surface area contributed by atoms with Crippen molar-refractivity contribution in [3.8, 4) is 0 Å². The lowest BCUT2D eigenvalue weighted by Crippen LogP contribution is -2.21. The summed E-state index contributed by atoms with van der Waals surface area (Å²) >= 11 is 1.79. The highest BCUT2D eigenvalue weighted by Gasteiger charge is 2.08. The molecule has 0 bridgehead atoms. The zero-order valence-corrected chi connectivity index (χ0v) is 11.6. The molecule has 0 unspecified atom stereocenters. The number of H-pyrrole nitrogens is 1. The summed E-state index contributed by atoms with van der Waals surface area (Å²) in [6, 6.07) is 8.28. The summed E-state index contributed by atoms with van der Waals surface area (Å²) in [5.74, 6) is 0. The number of fused-ring (bicyclic) bond motifs is 1. The molecular formula is C14H16N4S. The Hall–Kier alpha value is -2.01. The van der Waals surface area contributed by atoms with Gasteiger partial charge in [-0.25, -0.2) is 0 Å². The van der Waals surface area contributed by atoms with Crippen molar-refractivity contribution in [3.05, 3.63) is 40.7 Å². The number of nitrogen functional groups attached to an aromatic ring is 1. The summed E-state index contributed by atoms with van der Waals surface area (Å²) in [7, 11) is 2.07. The van der Waals surface area contributed by atoms with Gasteiger partial charge in [0.2, 0.25) is 0 Å². The Morgan fingerprint density at radius 2 is 2.32 bits per heavy atom. The summed E-state index contributed by atoms with van der Waals surface area (Å²) in [6.07, 6.45) is 2.83. The largest absolute Gasteiger partial charge is 0.397 e. The average molecular weight is 272 g/mol. The molecule has 0 saturated heterocycles. The van der Waals surface area contributed by atoms with E-state index >= 15 is 0 Å². The summed E-state index contributed by atoms with van der Waals surface area (Å²) in [6.45, 7) is 0.949. The van der Waals surface area contributed by atoms with Gasteiger partial charge in [-0.3, -0.25) is 5.10 Å². The van der Waals surface area contributed by atoms with Gasteiger partial charge in [0.15, 0.2) is 0 Å². The van der Waals surface area contributed by atoms with Crippen LogP contribution >= 0.6 is 11.3 Å². The number of hydrogen-bond donors (Lipinski definition) is 2. The normalized spacial score (nSPS) is 11.0. The molecule has 0 spiro atoms. The predicted octanol–water partition coefficient (Wildman–Crippen LogP) is 2.89. The fourth-order valence-electron chi connectivity index (χ4n) is 2.18. The number of thiophene rings is 1.